The summed E-state index contributed by atoms with van der Waals surface area (Å²) in [4.78, 5) is 14.4. The van der Waals surface area contributed by atoms with Gasteiger partial charge in [-0.05, 0) is 56.8 Å². The molecule has 0 saturated carbocycles. The van der Waals surface area contributed by atoms with Gasteiger partial charge in [-0.15, -0.1) is 0 Å². The lowest BCUT2D eigenvalue weighted by atomic mass is 10.0. The van der Waals surface area contributed by atoms with Crippen molar-refractivity contribution in [3.05, 3.63) is 23.8 Å². The van der Waals surface area contributed by atoms with E-state index in [0.29, 0.717) is 12.2 Å². The standard InChI is InChI=1S/C16H25N3O/c1-12-5-4-9-19(10-8-12)11-15(20)18-16-13(2)6-3-7-14(16)17/h3,6-7,12H,4-5,8-11,17H2,1-2H3,(H,18,20). The van der Waals surface area contributed by atoms with Gasteiger partial charge in [0.15, 0.2) is 0 Å². The van der Waals surface area contributed by atoms with Gasteiger partial charge < -0.3 is 11.1 Å². The summed E-state index contributed by atoms with van der Waals surface area (Å²) in [5.41, 5.74) is 8.30. The Kier molecular flexibility index (Phi) is 5.01. The van der Waals surface area contributed by atoms with Crippen molar-refractivity contribution in [1.29, 1.82) is 0 Å². The van der Waals surface area contributed by atoms with Crippen LogP contribution in [0.5, 0.6) is 0 Å². The zero-order valence-corrected chi connectivity index (χ0v) is 12.5. The summed E-state index contributed by atoms with van der Waals surface area (Å²) in [7, 11) is 0. The zero-order valence-electron chi connectivity index (χ0n) is 12.5. The minimum Gasteiger partial charge on any atom is -0.397 e. The molecule has 20 heavy (non-hydrogen) atoms. The summed E-state index contributed by atoms with van der Waals surface area (Å²) in [5, 5.41) is 2.95. The van der Waals surface area contributed by atoms with Crippen LogP contribution in [0.2, 0.25) is 0 Å². The third-order valence-corrected chi connectivity index (χ3v) is 4.05. The quantitative estimate of drug-likeness (QED) is 0.834. The third-order valence-electron chi connectivity index (χ3n) is 4.05. The van der Waals surface area contributed by atoms with E-state index in [2.05, 4.69) is 17.1 Å². The number of hydrogen-bond donors (Lipinski definition) is 2. The molecule has 0 bridgehead atoms. The Morgan fingerprint density at radius 3 is 2.95 bits per heavy atom. The topological polar surface area (TPSA) is 58.4 Å². The molecule has 1 aliphatic heterocycles. The van der Waals surface area contributed by atoms with Crippen molar-refractivity contribution < 1.29 is 4.79 Å². The summed E-state index contributed by atoms with van der Waals surface area (Å²) >= 11 is 0. The maximum absolute atomic E-state index is 12.2. The molecular weight excluding hydrogens is 250 g/mol. The number of carbonyl (C=O) groups excluding carboxylic acids is 1. The summed E-state index contributed by atoms with van der Waals surface area (Å²) in [6, 6.07) is 5.67. The molecule has 1 aromatic rings. The number of rotatable bonds is 3. The number of carbonyl (C=O) groups is 1. The Labute approximate surface area is 121 Å². The molecule has 1 atom stereocenters. The summed E-state index contributed by atoms with van der Waals surface area (Å²) < 4.78 is 0. The molecule has 2 rings (SSSR count). The fraction of sp³-hybridized carbons (Fsp3) is 0.562. The molecule has 110 valence electrons. The summed E-state index contributed by atoms with van der Waals surface area (Å²) in [6.07, 6.45) is 3.63. The van der Waals surface area contributed by atoms with Gasteiger partial charge in [0.25, 0.3) is 0 Å². The lowest BCUT2D eigenvalue weighted by Crippen LogP contribution is -2.34. The SMILES string of the molecule is Cc1cccc(N)c1NC(=O)CN1CCCC(C)CC1. The number of nitrogens with zero attached hydrogens (tertiary/aromatic N) is 1. The zero-order chi connectivity index (χ0) is 14.5. The fourth-order valence-electron chi connectivity index (χ4n) is 2.72. The predicted octanol–water partition coefficient (Wildman–Crippen LogP) is 2.64. The molecule has 1 amide bonds. The van der Waals surface area contributed by atoms with Crippen LogP contribution in [0.3, 0.4) is 0 Å². The van der Waals surface area contributed by atoms with E-state index in [9.17, 15) is 4.79 Å². The first-order valence-electron chi connectivity index (χ1n) is 7.43. The summed E-state index contributed by atoms with van der Waals surface area (Å²) in [5.74, 6) is 0.802. The van der Waals surface area contributed by atoms with E-state index in [1.807, 2.05) is 25.1 Å². The number of anilines is 2. The Bertz CT molecular complexity index is 453. The number of benzene rings is 1. The Hall–Kier alpha value is -1.55. The molecule has 0 aromatic heterocycles. The van der Waals surface area contributed by atoms with E-state index in [1.54, 1.807) is 0 Å². The second kappa shape index (κ2) is 6.75. The number of hydrogen-bond acceptors (Lipinski definition) is 3. The highest BCUT2D eigenvalue weighted by Gasteiger charge is 2.17. The van der Waals surface area contributed by atoms with E-state index in [0.717, 1.165) is 30.3 Å². The van der Waals surface area contributed by atoms with Gasteiger partial charge in [0, 0.05) is 0 Å². The molecule has 1 unspecified atom stereocenters. The van der Waals surface area contributed by atoms with E-state index >= 15 is 0 Å². The van der Waals surface area contributed by atoms with Gasteiger partial charge in [0.2, 0.25) is 5.91 Å². The molecule has 0 spiro atoms. The first-order valence-corrected chi connectivity index (χ1v) is 7.43. The number of nitrogens with one attached hydrogen (secondary N) is 1. The van der Waals surface area contributed by atoms with Crippen LogP contribution < -0.4 is 11.1 Å². The lowest BCUT2D eigenvalue weighted by molar-refractivity contribution is -0.117. The monoisotopic (exact) mass is 275 g/mol. The molecule has 1 saturated heterocycles. The lowest BCUT2D eigenvalue weighted by Gasteiger charge is -2.20. The van der Waals surface area contributed by atoms with Crippen LogP contribution in [0.25, 0.3) is 0 Å². The van der Waals surface area contributed by atoms with Gasteiger partial charge in [0.05, 0.1) is 17.9 Å². The van der Waals surface area contributed by atoms with Crippen molar-refractivity contribution in [3.8, 4) is 0 Å². The molecule has 1 aromatic carbocycles. The van der Waals surface area contributed by atoms with Crippen molar-refractivity contribution in [2.75, 3.05) is 30.7 Å². The Morgan fingerprint density at radius 1 is 1.40 bits per heavy atom. The van der Waals surface area contributed by atoms with E-state index in [-0.39, 0.29) is 5.91 Å². The largest absolute Gasteiger partial charge is 0.397 e. The van der Waals surface area contributed by atoms with E-state index in [4.69, 9.17) is 5.73 Å². The van der Waals surface area contributed by atoms with Crippen LogP contribution in [0.15, 0.2) is 18.2 Å². The third kappa shape index (κ3) is 3.97. The summed E-state index contributed by atoms with van der Waals surface area (Å²) in [6.45, 7) is 6.73. The maximum atomic E-state index is 12.2. The number of amides is 1. The van der Waals surface area contributed by atoms with Crippen molar-refractivity contribution in [2.24, 2.45) is 5.92 Å². The number of aryl methyl sites for hydroxylation is 1. The van der Waals surface area contributed by atoms with Gasteiger partial charge in [-0.1, -0.05) is 19.1 Å². The van der Waals surface area contributed by atoms with Crippen molar-refractivity contribution in [2.45, 2.75) is 33.1 Å². The molecule has 0 aliphatic carbocycles. The molecule has 4 heteroatoms. The van der Waals surface area contributed by atoms with Gasteiger partial charge >= 0.3 is 0 Å². The van der Waals surface area contributed by atoms with Gasteiger partial charge in [-0.25, -0.2) is 0 Å². The van der Waals surface area contributed by atoms with Crippen LogP contribution in [0, 0.1) is 12.8 Å². The van der Waals surface area contributed by atoms with E-state index in [1.165, 1.54) is 19.3 Å². The van der Waals surface area contributed by atoms with Crippen LogP contribution in [-0.4, -0.2) is 30.4 Å². The van der Waals surface area contributed by atoms with Crippen molar-refractivity contribution in [3.63, 3.8) is 0 Å². The molecule has 1 fully saturated rings. The molecule has 4 nitrogen and oxygen atoms in total. The van der Waals surface area contributed by atoms with Crippen molar-refractivity contribution >= 4 is 17.3 Å². The van der Waals surface area contributed by atoms with Crippen LogP contribution in [0.1, 0.15) is 31.7 Å². The number of nitrogen functional groups attached to an aromatic ring is 1. The molecule has 1 aliphatic rings. The highest BCUT2D eigenvalue weighted by atomic mass is 16.2. The van der Waals surface area contributed by atoms with Gasteiger partial charge in [-0.3, -0.25) is 9.69 Å². The normalized spacial score (nSPS) is 20.4. The molecule has 0 radical (unpaired) electrons. The number of likely N-dealkylation sites (tertiary alicyclic amines) is 1. The molecular formula is C16H25N3O. The van der Waals surface area contributed by atoms with Gasteiger partial charge in [0.1, 0.15) is 0 Å². The highest BCUT2D eigenvalue weighted by Crippen LogP contribution is 2.22. The van der Waals surface area contributed by atoms with Gasteiger partial charge in [-0.2, -0.15) is 0 Å². The average Bonchev–Trinajstić information content (AvgIpc) is 2.59. The smallest absolute Gasteiger partial charge is 0.238 e. The fourth-order valence-corrected chi connectivity index (χ4v) is 2.72. The molecule has 1 heterocycles. The minimum absolute atomic E-state index is 0.0283. The van der Waals surface area contributed by atoms with Crippen LogP contribution in [0.4, 0.5) is 11.4 Å². The Balaban J connectivity index is 1.92. The maximum Gasteiger partial charge on any atom is 0.238 e. The average molecular weight is 275 g/mol. The first kappa shape index (κ1) is 14.9. The van der Waals surface area contributed by atoms with Crippen LogP contribution in [-0.2, 0) is 4.79 Å². The Morgan fingerprint density at radius 2 is 2.20 bits per heavy atom. The number of para-hydroxylation sites is 1. The first-order chi connectivity index (χ1) is 9.56. The predicted molar refractivity (Wildman–Crippen MR) is 83.7 cm³/mol. The minimum atomic E-state index is 0.0283. The number of nitrogens with two attached hydrogens (primary N) is 1. The van der Waals surface area contributed by atoms with E-state index < -0.39 is 0 Å². The molecule has 3 N–H and O–H groups in total. The highest BCUT2D eigenvalue weighted by molar-refractivity contribution is 5.96. The second-order valence-corrected chi connectivity index (χ2v) is 5.90. The second-order valence-electron chi connectivity index (χ2n) is 5.90. The van der Waals surface area contributed by atoms with Crippen LogP contribution >= 0.6 is 0 Å². The van der Waals surface area contributed by atoms with Crippen molar-refractivity contribution in [1.82, 2.24) is 4.90 Å².